The van der Waals surface area contributed by atoms with Crippen molar-refractivity contribution < 1.29 is 9.90 Å². The summed E-state index contributed by atoms with van der Waals surface area (Å²) in [5.41, 5.74) is 7.40. The van der Waals surface area contributed by atoms with Crippen LogP contribution < -0.4 is 5.73 Å². The molecule has 0 unspecified atom stereocenters. The number of benzene rings is 1. The van der Waals surface area contributed by atoms with Crippen LogP contribution in [-0.2, 0) is 17.8 Å². The molecule has 16 heavy (non-hydrogen) atoms. The molecule has 0 saturated carbocycles. The van der Waals surface area contributed by atoms with Crippen molar-refractivity contribution in [1.82, 2.24) is 4.90 Å². The van der Waals surface area contributed by atoms with Gasteiger partial charge < -0.3 is 15.7 Å². The number of nitrogens with two attached hydrogens (primary N) is 1. The number of hydrogen-bond donors (Lipinski definition) is 2. The van der Waals surface area contributed by atoms with Gasteiger partial charge in [-0.1, -0.05) is 24.3 Å². The standard InChI is InChI=1S/C12H18N2O2/c1-14(7-6-13)9-11-5-3-2-4-10(11)8-12(15)16/h2-5H,6-9,13H2,1H3,(H,15,16). The number of likely N-dealkylation sites (N-methyl/N-ethyl adjacent to an activating group) is 1. The smallest absolute Gasteiger partial charge is 0.307 e. The summed E-state index contributed by atoms with van der Waals surface area (Å²) < 4.78 is 0. The Labute approximate surface area is 95.7 Å². The van der Waals surface area contributed by atoms with Gasteiger partial charge in [-0.3, -0.25) is 4.79 Å². The van der Waals surface area contributed by atoms with E-state index in [1.807, 2.05) is 31.3 Å². The summed E-state index contributed by atoms with van der Waals surface area (Å²) in [5.74, 6) is -0.797. The Morgan fingerprint density at radius 1 is 1.38 bits per heavy atom. The lowest BCUT2D eigenvalue weighted by Crippen LogP contribution is -2.25. The molecule has 88 valence electrons. The number of carbonyl (C=O) groups is 1. The van der Waals surface area contributed by atoms with Crippen molar-refractivity contribution in [2.75, 3.05) is 20.1 Å². The minimum Gasteiger partial charge on any atom is -0.481 e. The van der Waals surface area contributed by atoms with E-state index in [4.69, 9.17) is 10.8 Å². The van der Waals surface area contributed by atoms with Gasteiger partial charge in [0.05, 0.1) is 6.42 Å². The lowest BCUT2D eigenvalue weighted by atomic mass is 10.0. The van der Waals surface area contributed by atoms with Gasteiger partial charge in [-0.25, -0.2) is 0 Å². The van der Waals surface area contributed by atoms with Crippen LogP contribution in [0.1, 0.15) is 11.1 Å². The van der Waals surface area contributed by atoms with Gasteiger partial charge in [-0.05, 0) is 18.2 Å². The highest BCUT2D eigenvalue weighted by Crippen LogP contribution is 2.11. The van der Waals surface area contributed by atoms with Crippen LogP contribution in [0.25, 0.3) is 0 Å². The van der Waals surface area contributed by atoms with Crippen molar-refractivity contribution in [3.05, 3.63) is 35.4 Å². The molecule has 0 aliphatic heterocycles. The first-order chi connectivity index (χ1) is 7.63. The van der Waals surface area contributed by atoms with E-state index in [1.54, 1.807) is 0 Å². The molecular formula is C12H18N2O2. The third-order valence-corrected chi connectivity index (χ3v) is 2.41. The maximum atomic E-state index is 10.7. The monoisotopic (exact) mass is 222 g/mol. The third-order valence-electron chi connectivity index (χ3n) is 2.41. The minimum atomic E-state index is -0.797. The highest BCUT2D eigenvalue weighted by atomic mass is 16.4. The van der Waals surface area contributed by atoms with Crippen LogP contribution >= 0.6 is 0 Å². The summed E-state index contributed by atoms with van der Waals surface area (Å²) in [6.45, 7) is 2.15. The van der Waals surface area contributed by atoms with Crippen LogP contribution in [0, 0.1) is 0 Å². The predicted molar refractivity (Wildman–Crippen MR) is 63.2 cm³/mol. The lowest BCUT2D eigenvalue weighted by Gasteiger charge is -2.17. The molecule has 0 fully saturated rings. The molecule has 1 aromatic rings. The van der Waals surface area contributed by atoms with E-state index >= 15 is 0 Å². The second-order valence-corrected chi connectivity index (χ2v) is 3.87. The van der Waals surface area contributed by atoms with Crippen LogP contribution in [0.2, 0.25) is 0 Å². The molecule has 1 rings (SSSR count). The zero-order valence-electron chi connectivity index (χ0n) is 9.52. The van der Waals surface area contributed by atoms with Crippen molar-refractivity contribution in [2.45, 2.75) is 13.0 Å². The molecule has 4 nitrogen and oxygen atoms in total. The van der Waals surface area contributed by atoms with Crippen LogP contribution in [0.15, 0.2) is 24.3 Å². The predicted octanol–water partition coefficient (Wildman–Crippen LogP) is 0.704. The summed E-state index contributed by atoms with van der Waals surface area (Å²) in [4.78, 5) is 12.8. The second kappa shape index (κ2) is 6.25. The molecule has 0 aliphatic carbocycles. The Bertz CT molecular complexity index is 353. The van der Waals surface area contributed by atoms with Gasteiger partial charge in [-0.2, -0.15) is 0 Å². The molecule has 0 radical (unpaired) electrons. The Morgan fingerprint density at radius 3 is 2.56 bits per heavy atom. The fraction of sp³-hybridized carbons (Fsp3) is 0.417. The Morgan fingerprint density at radius 2 is 2.00 bits per heavy atom. The van der Waals surface area contributed by atoms with Gasteiger partial charge in [0.25, 0.3) is 0 Å². The van der Waals surface area contributed by atoms with Gasteiger partial charge >= 0.3 is 5.97 Å². The van der Waals surface area contributed by atoms with Gasteiger partial charge in [0.15, 0.2) is 0 Å². The van der Waals surface area contributed by atoms with Crippen molar-refractivity contribution in [1.29, 1.82) is 0 Å². The first-order valence-corrected chi connectivity index (χ1v) is 5.30. The summed E-state index contributed by atoms with van der Waals surface area (Å²) in [6, 6.07) is 7.62. The average Bonchev–Trinajstić information content (AvgIpc) is 2.20. The third kappa shape index (κ3) is 4.00. The summed E-state index contributed by atoms with van der Waals surface area (Å²) in [7, 11) is 1.98. The molecule has 0 aliphatic rings. The van der Waals surface area contributed by atoms with E-state index in [0.29, 0.717) is 6.54 Å². The number of nitrogens with zero attached hydrogens (tertiary/aromatic N) is 1. The van der Waals surface area contributed by atoms with Gasteiger partial charge in [0, 0.05) is 19.6 Å². The Balaban J connectivity index is 2.74. The zero-order chi connectivity index (χ0) is 12.0. The fourth-order valence-corrected chi connectivity index (χ4v) is 1.64. The lowest BCUT2D eigenvalue weighted by molar-refractivity contribution is -0.136. The van der Waals surface area contributed by atoms with E-state index in [2.05, 4.69) is 4.90 Å². The molecule has 0 spiro atoms. The Hall–Kier alpha value is -1.39. The van der Waals surface area contributed by atoms with E-state index < -0.39 is 5.97 Å². The van der Waals surface area contributed by atoms with Gasteiger partial charge in [0.2, 0.25) is 0 Å². The first-order valence-electron chi connectivity index (χ1n) is 5.30. The van der Waals surface area contributed by atoms with Crippen LogP contribution in [0.3, 0.4) is 0 Å². The molecular weight excluding hydrogens is 204 g/mol. The van der Waals surface area contributed by atoms with Gasteiger partial charge in [0.1, 0.15) is 0 Å². The van der Waals surface area contributed by atoms with E-state index in [9.17, 15) is 4.79 Å². The normalized spacial score (nSPS) is 10.7. The molecule has 0 atom stereocenters. The summed E-state index contributed by atoms with van der Waals surface area (Å²) >= 11 is 0. The molecule has 3 N–H and O–H groups in total. The number of carboxylic acid groups (broad SMARTS) is 1. The van der Waals surface area contributed by atoms with Crippen molar-refractivity contribution in [3.8, 4) is 0 Å². The quantitative estimate of drug-likeness (QED) is 0.743. The van der Waals surface area contributed by atoms with E-state index in [-0.39, 0.29) is 6.42 Å². The number of carboxylic acids is 1. The van der Waals surface area contributed by atoms with Crippen molar-refractivity contribution in [2.24, 2.45) is 5.73 Å². The average molecular weight is 222 g/mol. The maximum Gasteiger partial charge on any atom is 0.307 e. The topological polar surface area (TPSA) is 66.6 Å². The highest BCUT2D eigenvalue weighted by Gasteiger charge is 2.07. The SMILES string of the molecule is CN(CCN)Cc1ccccc1CC(=O)O. The van der Waals surface area contributed by atoms with Crippen LogP contribution in [0.5, 0.6) is 0 Å². The number of hydrogen-bond acceptors (Lipinski definition) is 3. The maximum absolute atomic E-state index is 10.7. The Kier molecular flexibility index (Phi) is 4.95. The molecule has 0 aromatic heterocycles. The number of rotatable bonds is 6. The van der Waals surface area contributed by atoms with Crippen LogP contribution in [-0.4, -0.2) is 36.1 Å². The van der Waals surface area contributed by atoms with E-state index in [1.165, 1.54) is 0 Å². The summed E-state index contributed by atoms with van der Waals surface area (Å²) in [6.07, 6.45) is 0.0760. The minimum absolute atomic E-state index is 0.0760. The van der Waals surface area contributed by atoms with E-state index in [0.717, 1.165) is 24.2 Å². The van der Waals surface area contributed by atoms with Crippen molar-refractivity contribution >= 4 is 5.97 Å². The largest absolute Gasteiger partial charge is 0.481 e. The van der Waals surface area contributed by atoms with Crippen LogP contribution in [0.4, 0.5) is 0 Å². The molecule has 0 bridgehead atoms. The zero-order valence-corrected chi connectivity index (χ0v) is 9.52. The van der Waals surface area contributed by atoms with Gasteiger partial charge in [-0.15, -0.1) is 0 Å². The molecule has 4 heteroatoms. The first kappa shape index (κ1) is 12.7. The summed E-state index contributed by atoms with van der Waals surface area (Å²) in [5, 5.41) is 8.80. The molecule has 0 saturated heterocycles. The fourth-order valence-electron chi connectivity index (χ4n) is 1.64. The number of aliphatic carboxylic acids is 1. The highest BCUT2D eigenvalue weighted by molar-refractivity contribution is 5.70. The molecule has 0 amide bonds. The molecule has 0 heterocycles. The van der Waals surface area contributed by atoms with Crippen molar-refractivity contribution in [3.63, 3.8) is 0 Å². The molecule has 1 aromatic carbocycles. The second-order valence-electron chi connectivity index (χ2n) is 3.87.